The van der Waals surface area contributed by atoms with Gasteiger partial charge in [0, 0.05) is 0 Å². The second-order valence-electron chi connectivity index (χ2n) is 4.33. The zero-order chi connectivity index (χ0) is 13.6. The van der Waals surface area contributed by atoms with Crippen LogP contribution in [-0.2, 0) is 6.42 Å². The van der Waals surface area contributed by atoms with Gasteiger partial charge in [0.05, 0.1) is 0 Å². The highest BCUT2D eigenvalue weighted by atomic mass is 16.5. The van der Waals surface area contributed by atoms with Crippen LogP contribution in [-0.4, -0.2) is 15.0 Å². The van der Waals surface area contributed by atoms with Crippen LogP contribution in [0.15, 0.2) is 67.3 Å². The molecule has 20 heavy (non-hydrogen) atoms. The molecule has 0 N–H and O–H groups in total. The quantitative estimate of drug-likeness (QED) is 0.725. The van der Waals surface area contributed by atoms with Crippen LogP contribution >= 0.6 is 0 Å². The summed E-state index contributed by atoms with van der Waals surface area (Å²) in [7, 11) is 0. The molecule has 0 aliphatic heterocycles. The van der Waals surface area contributed by atoms with E-state index in [1.807, 2.05) is 42.5 Å². The lowest BCUT2D eigenvalue weighted by Gasteiger charge is -2.05. The van der Waals surface area contributed by atoms with Crippen LogP contribution in [0.4, 0.5) is 0 Å². The summed E-state index contributed by atoms with van der Waals surface area (Å²) < 4.78 is 5.52. The van der Waals surface area contributed by atoms with Crippen molar-refractivity contribution in [3.63, 3.8) is 0 Å². The van der Waals surface area contributed by atoms with Gasteiger partial charge in [-0.3, -0.25) is 0 Å². The SMILES string of the molecule is c1ccc(Cc2ccc(Oc3ncncn3)cc2)cc1. The van der Waals surface area contributed by atoms with Gasteiger partial charge in [-0.25, -0.2) is 4.98 Å². The number of hydrogen-bond acceptors (Lipinski definition) is 4. The first-order valence-electron chi connectivity index (χ1n) is 6.33. The zero-order valence-corrected chi connectivity index (χ0v) is 10.8. The third-order valence-corrected chi connectivity index (χ3v) is 2.85. The van der Waals surface area contributed by atoms with Crippen LogP contribution in [0.3, 0.4) is 0 Å². The van der Waals surface area contributed by atoms with E-state index in [-0.39, 0.29) is 0 Å². The average Bonchev–Trinajstić information content (AvgIpc) is 2.51. The number of hydrogen-bond donors (Lipinski definition) is 0. The molecule has 0 spiro atoms. The molecule has 0 radical (unpaired) electrons. The largest absolute Gasteiger partial charge is 0.424 e. The molecule has 0 fully saturated rings. The molecule has 0 unspecified atom stereocenters. The molecule has 3 aromatic rings. The van der Waals surface area contributed by atoms with Crippen LogP contribution in [0, 0.1) is 0 Å². The van der Waals surface area contributed by atoms with E-state index in [2.05, 4.69) is 27.1 Å². The Labute approximate surface area is 117 Å². The molecular formula is C16H13N3O. The normalized spacial score (nSPS) is 10.2. The lowest BCUT2D eigenvalue weighted by atomic mass is 10.1. The van der Waals surface area contributed by atoms with E-state index in [0.717, 1.165) is 6.42 Å². The maximum Gasteiger partial charge on any atom is 0.324 e. The summed E-state index contributed by atoms with van der Waals surface area (Å²) in [6.45, 7) is 0. The minimum Gasteiger partial charge on any atom is -0.424 e. The van der Waals surface area contributed by atoms with Crippen molar-refractivity contribution in [2.75, 3.05) is 0 Å². The first-order chi connectivity index (χ1) is 9.90. The minimum atomic E-state index is 0.302. The predicted octanol–water partition coefficient (Wildman–Crippen LogP) is 3.25. The van der Waals surface area contributed by atoms with E-state index in [1.54, 1.807) is 0 Å². The summed E-state index contributed by atoms with van der Waals surface area (Å²) in [6.07, 6.45) is 3.73. The van der Waals surface area contributed by atoms with Gasteiger partial charge in [-0.2, -0.15) is 9.97 Å². The first-order valence-corrected chi connectivity index (χ1v) is 6.33. The van der Waals surface area contributed by atoms with Crippen molar-refractivity contribution >= 4 is 0 Å². The Bertz CT molecular complexity index is 594. The second-order valence-corrected chi connectivity index (χ2v) is 4.33. The fourth-order valence-electron chi connectivity index (χ4n) is 1.89. The van der Waals surface area contributed by atoms with Gasteiger partial charge in [0.25, 0.3) is 0 Å². The molecule has 0 atom stereocenters. The Morgan fingerprint density at radius 3 is 2.10 bits per heavy atom. The van der Waals surface area contributed by atoms with Crippen molar-refractivity contribution in [3.8, 4) is 11.8 Å². The van der Waals surface area contributed by atoms with E-state index in [4.69, 9.17) is 4.74 Å². The number of ether oxygens (including phenoxy) is 1. The fourth-order valence-corrected chi connectivity index (χ4v) is 1.89. The van der Waals surface area contributed by atoms with Crippen LogP contribution in [0.1, 0.15) is 11.1 Å². The Hall–Kier alpha value is -2.75. The smallest absolute Gasteiger partial charge is 0.324 e. The third kappa shape index (κ3) is 3.17. The predicted molar refractivity (Wildman–Crippen MR) is 75.6 cm³/mol. The van der Waals surface area contributed by atoms with Crippen LogP contribution in [0.2, 0.25) is 0 Å². The van der Waals surface area contributed by atoms with Gasteiger partial charge in [0.15, 0.2) is 0 Å². The van der Waals surface area contributed by atoms with Gasteiger partial charge in [-0.1, -0.05) is 42.5 Å². The Balaban J connectivity index is 1.69. The van der Waals surface area contributed by atoms with E-state index >= 15 is 0 Å². The van der Waals surface area contributed by atoms with Gasteiger partial charge >= 0.3 is 6.01 Å². The molecule has 2 aromatic carbocycles. The van der Waals surface area contributed by atoms with E-state index in [9.17, 15) is 0 Å². The van der Waals surface area contributed by atoms with Crippen molar-refractivity contribution in [2.24, 2.45) is 0 Å². The van der Waals surface area contributed by atoms with Crippen molar-refractivity contribution in [1.82, 2.24) is 15.0 Å². The highest BCUT2D eigenvalue weighted by Crippen LogP contribution is 2.18. The summed E-state index contributed by atoms with van der Waals surface area (Å²) in [4.78, 5) is 11.6. The molecule has 1 heterocycles. The summed E-state index contributed by atoms with van der Waals surface area (Å²) in [5.41, 5.74) is 2.53. The van der Waals surface area contributed by atoms with Gasteiger partial charge < -0.3 is 4.74 Å². The Morgan fingerprint density at radius 2 is 1.40 bits per heavy atom. The molecule has 4 nitrogen and oxygen atoms in total. The summed E-state index contributed by atoms with van der Waals surface area (Å²) in [5, 5.41) is 0. The summed E-state index contributed by atoms with van der Waals surface area (Å²) in [6, 6.07) is 18.6. The minimum absolute atomic E-state index is 0.302. The van der Waals surface area contributed by atoms with Crippen LogP contribution < -0.4 is 4.74 Å². The summed E-state index contributed by atoms with van der Waals surface area (Å²) >= 11 is 0. The lowest BCUT2D eigenvalue weighted by Crippen LogP contribution is -1.92. The fraction of sp³-hybridized carbons (Fsp3) is 0.0625. The van der Waals surface area contributed by atoms with Crippen LogP contribution in [0.5, 0.6) is 11.8 Å². The molecule has 0 aliphatic carbocycles. The number of aromatic nitrogens is 3. The maximum atomic E-state index is 5.52. The number of rotatable bonds is 4. The highest BCUT2D eigenvalue weighted by molar-refractivity contribution is 5.32. The van der Waals surface area contributed by atoms with Crippen molar-refractivity contribution in [3.05, 3.63) is 78.4 Å². The Morgan fingerprint density at radius 1 is 0.750 bits per heavy atom. The molecule has 0 amide bonds. The van der Waals surface area contributed by atoms with E-state index in [0.29, 0.717) is 11.8 Å². The highest BCUT2D eigenvalue weighted by Gasteiger charge is 2.00. The molecule has 1 aromatic heterocycles. The molecule has 98 valence electrons. The van der Waals surface area contributed by atoms with Gasteiger partial charge in [0.1, 0.15) is 18.4 Å². The topological polar surface area (TPSA) is 47.9 Å². The maximum absolute atomic E-state index is 5.52. The van der Waals surface area contributed by atoms with Gasteiger partial charge in [-0.05, 0) is 29.7 Å². The monoisotopic (exact) mass is 263 g/mol. The van der Waals surface area contributed by atoms with Crippen LogP contribution in [0.25, 0.3) is 0 Å². The van der Waals surface area contributed by atoms with Gasteiger partial charge in [0.2, 0.25) is 0 Å². The van der Waals surface area contributed by atoms with E-state index in [1.165, 1.54) is 23.8 Å². The molecule has 0 saturated carbocycles. The molecule has 0 aliphatic rings. The molecule has 4 heteroatoms. The van der Waals surface area contributed by atoms with Crippen molar-refractivity contribution < 1.29 is 4.74 Å². The Kier molecular flexibility index (Phi) is 3.64. The lowest BCUT2D eigenvalue weighted by molar-refractivity contribution is 0.439. The summed E-state index contributed by atoms with van der Waals surface area (Å²) in [5.74, 6) is 0.716. The number of benzene rings is 2. The second kappa shape index (κ2) is 5.93. The third-order valence-electron chi connectivity index (χ3n) is 2.85. The van der Waals surface area contributed by atoms with Crippen molar-refractivity contribution in [1.29, 1.82) is 0 Å². The number of nitrogens with zero attached hydrogens (tertiary/aromatic N) is 3. The standard InChI is InChI=1S/C16H13N3O/c1-2-4-13(5-3-1)10-14-6-8-15(9-7-14)20-16-18-11-17-12-19-16/h1-9,11-12H,10H2. The zero-order valence-electron chi connectivity index (χ0n) is 10.8. The molecule has 3 rings (SSSR count). The molecule has 0 saturated heterocycles. The van der Waals surface area contributed by atoms with Crippen molar-refractivity contribution in [2.45, 2.75) is 6.42 Å². The van der Waals surface area contributed by atoms with E-state index < -0.39 is 0 Å². The molecular weight excluding hydrogens is 250 g/mol. The molecule has 0 bridgehead atoms. The average molecular weight is 263 g/mol. The first kappa shape index (κ1) is 12.3. The van der Waals surface area contributed by atoms with Gasteiger partial charge in [-0.15, -0.1) is 0 Å².